The van der Waals surface area contributed by atoms with Gasteiger partial charge in [0.15, 0.2) is 0 Å². The highest BCUT2D eigenvalue weighted by atomic mass is 16.1. The van der Waals surface area contributed by atoms with Crippen molar-refractivity contribution in [1.82, 2.24) is 35.0 Å². The van der Waals surface area contributed by atoms with E-state index < -0.39 is 0 Å². The average molecular weight is 393 g/mol. The lowest BCUT2D eigenvalue weighted by Gasteiger charge is -2.11. The van der Waals surface area contributed by atoms with Crippen LogP contribution in [0.3, 0.4) is 0 Å². The highest BCUT2D eigenvalue weighted by Gasteiger charge is 2.18. The van der Waals surface area contributed by atoms with Gasteiger partial charge in [-0.25, -0.2) is 24.6 Å². The Morgan fingerprint density at radius 1 is 0.862 bits per heavy atom. The molecule has 0 spiro atoms. The van der Waals surface area contributed by atoms with Crippen molar-refractivity contribution < 1.29 is 4.79 Å². The van der Waals surface area contributed by atoms with E-state index in [1.165, 1.54) is 0 Å². The number of aryl methyl sites for hydroxylation is 6. The van der Waals surface area contributed by atoms with Crippen LogP contribution in [0.5, 0.6) is 0 Å². The molecule has 1 N–H and O–H groups in total. The van der Waals surface area contributed by atoms with Crippen LogP contribution in [0.15, 0.2) is 6.07 Å². The first-order chi connectivity index (χ1) is 13.7. The van der Waals surface area contributed by atoms with E-state index in [-0.39, 0.29) is 12.3 Å². The third-order valence-corrected chi connectivity index (χ3v) is 4.93. The molecule has 3 aromatic rings. The molecule has 3 heterocycles. The van der Waals surface area contributed by atoms with Crippen LogP contribution in [0.2, 0.25) is 0 Å². The van der Waals surface area contributed by atoms with Crippen molar-refractivity contribution >= 4 is 5.91 Å². The molecule has 0 aliphatic carbocycles. The summed E-state index contributed by atoms with van der Waals surface area (Å²) in [5.74, 6) is 1.19. The maximum atomic E-state index is 12.6. The van der Waals surface area contributed by atoms with Crippen molar-refractivity contribution in [2.24, 2.45) is 0 Å². The second-order valence-electron chi connectivity index (χ2n) is 7.39. The molecule has 0 aliphatic rings. The van der Waals surface area contributed by atoms with Gasteiger partial charge in [-0.3, -0.25) is 4.79 Å². The predicted molar refractivity (Wildman–Crippen MR) is 110 cm³/mol. The topological polar surface area (TPSA) is 98.5 Å². The van der Waals surface area contributed by atoms with Crippen molar-refractivity contribution in [3.05, 3.63) is 57.2 Å². The molecule has 8 nitrogen and oxygen atoms in total. The fourth-order valence-electron chi connectivity index (χ4n) is 3.50. The van der Waals surface area contributed by atoms with Gasteiger partial charge in [-0.1, -0.05) is 0 Å². The molecule has 0 saturated heterocycles. The number of nitrogens with zero attached hydrogens (tertiary/aromatic N) is 6. The van der Waals surface area contributed by atoms with Crippen LogP contribution in [0.1, 0.15) is 51.1 Å². The second-order valence-corrected chi connectivity index (χ2v) is 7.39. The highest BCUT2D eigenvalue weighted by Crippen LogP contribution is 2.17. The molecule has 8 heteroatoms. The van der Waals surface area contributed by atoms with Crippen molar-refractivity contribution in [3.8, 4) is 5.95 Å². The Labute approximate surface area is 170 Å². The molecule has 0 fully saturated rings. The van der Waals surface area contributed by atoms with Crippen LogP contribution in [0.4, 0.5) is 0 Å². The van der Waals surface area contributed by atoms with Gasteiger partial charge in [-0.15, -0.1) is 0 Å². The molecular formula is C21H27N7O. The first kappa shape index (κ1) is 20.6. The standard InChI is InChI=1S/C21H27N7O/c1-11-8-12(2)24-21(23-11)28-16(6)18(15(5)27-28)9-20(29)22-10-19-13(3)25-17(7)26-14(19)4/h8H,9-10H2,1-7H3,(H,22,29). The molecule has 0 atom stereocenters. The normalized spacial score (nSPS) is 11.0. The van der Waals surface area contributed by atoms with Crippen LogP contribution in [0, 0.1) is 48.5 Å². The summed E-state index contributed by atoms with van der Waals surface area (Å²) in [4.78, 5) is 30.3. The minimum atomic E-state index is -0.0727. The van der Waals surface area contributed by atoms with E-state index in [0.717, 1.165) is 51.1 Å². The Hall–Kier alpha value is -3.16. The quantitative estimate of drug-likeness (QED) is 0.715. The molecule has 0 aliphatic heterocycles. The lowest BCUT2D eigenvalue weighted by molar-refractivity contribution is -0.120. The zero-order chi connectivity index (χ0) is 21.3. The summed E-state index contributed by atoms with van der Waals surface area (Å²) in [6.45, 7) is 13.8. The third-order valence-electron chi connectivity index (χ3n) is 4.93. The molecule has 0 radical (unpaired) electrons. The fourth-order valence-corrected chi connectivity index (χ4v) is 3.50. The molecule has 0 saturated carbocycles. The summed E-state index contributed by atoms with van der Waals surface area (Å²) in [7, 11) is 0. The van der Waals surface area contributed by atoms with E-state index in [2.05, 4.69) is 30.4 Å². The maximum absolute atomic E-state index is 12.6. The summed E-state index contributed by atoms with van der Waals surface area (Å²) in [5, 5.41) is 7.55. The maximum Gasteiger partial charge on any atom is 0.251 e. The van der Waals surface area contributed by atoms with Gasteiger partial charge >= 0.3 is 0 Å². The van der Waals surface area contributed by atoms with Crippen molar-refractivity contribution in [3.63, 3.8) is 0 Å². The van der Waals surface area contributed by atoms with Crippen molar-refractivity contribution in [2.75, 3.05) is 0 Å². The Morgan fingerprint density at radius 2 is 1.45 bits per heavy atom. The van der Waals surface area contributed by atoms with E-state index in [0.29, 0.717) is 12.5 Å². The summed E-state index contributed by atoms with van der Waals surface area (Å²) in [5.41, 5.74) is 7.05. The Morgan fingerprint density at radius 3 is 2.03 bits per heavy atom. The Kier molecular flexibility index (Phi) is 5.72. The number of carbonyl (C=O) groups is 1. The monoisotopic (exact) mass is 393 g/mol. The Balaban J connectivity index is 1.77. The van der Waals surface area contributed by atoms with Crippen LogP contribution in [0.25, 0.3) is 5.95 Å². The summed E-state index contributed by atoms with van der Waals surface area (Å²) in [6.07, 6.45) is 0.243. The van der Waals surface area contributed by atoms with E-state index >= 15 is 0 Å². The number of rotatable bonds is 5. The lowest BCUT2D eigenvalue weighted by atomic mass is 10.1. The number of hydrogen-bond donors (Lipinski definition) is 1. The number of nitrogens with one attached hydrogen (secondary N) is 1. The molecule has 3 aromatic heterocycles. The van der Waals surface area contributed by atoms with Gasteiger partial charge in [-0.2, -0.15) is 5.10 Å². The first-order valence-corrected chi connectivity index (χ1v) is 9.61. The molecule has 0 unspecified atom stereocenters. The van der Waals surface area contributed by atoms with Gasteiger partial charge in [0.2, 0.25) is 5.91 Å². The summed E-state index contributed by atoms with van der Waals surface area (Å²) < 4.78 is 1.71. The molecule has 29 heavy (non-hydrogen) atoms. The van der Waals surface area contributed by atoms with Crippen molar-refractivity contribution in [2.45, 2.75) is 61.4 Å². The van der Waals surface area contributed by atoms with E-state index in [9.17, 15) is 4.79 Å². The van der Waals surface area contributed by atoms with Crippen LogP contribution in [-0.4, -0.2) is 35.6 Å². The zero-order valence-electron chi connectivity index (χ0n) is 18.1. The molecule has 0 bridgehead atoms. The van der Waals surface area contributed by atoms with Gasteiger partial charge in [0.1, 0.15) is 5.82 Å². The van der Waals surface area contributed by atoms with Gasteiger partial charge in [0.25, 0.3) is 5.95 Å². The average Bonchev–Trinajstić information content (AvgIpc) is 2.88. The zero-order valence-corrected chi connectivity index (χ0v) is 18.1. The molecule has 152 valence electrons. The smallest absolute Gasteiger partial charge is 0.251 e. The SMILES string of the molecule is Cc1cc(C)nc(-n2nc(C)c(CC(=O)NCc3c(C)nc(C)nc3C)c2C)n1. The molecule has 3 rings (SSSR count). The van der Waals surface area contributed by atoms with Crippen LogP contribution < -0.4 is 5.32 Å². The van der Waals surface area contributed by atoms with Gasteiger partial charge in [0, 0.05) is 46.1 Å². The minimum Gasteiger partial charge on any atom is -0.352 e. The first-order valence-electron chi connectivity index (χ1n) is 9.61. The third kappa shape index (κ3) is 4.47. The van der Waals surface area contributed by atoms with E-state index in [1.807, 2.05) is 54.5 Å². The van der Waals surface area contributed by atoms with Gasteiger partial charge in [-0.05, 0) is 54.5 Å². The van der Waals surface area contributed by atoms with Gasteiger partial charge < -0.3 is 5.32 Å². The van der Waals surface area contributed by atoms with E-state index in [4.69, 9.17) is 0 Å². The van der Waals surface area contributed by atoms with Gasteiger partial charge in [0.05, 0.1) is 12.1 Å². The second kappa shape index (κ2) is 8.06. The molecular weight excluding hydrogens is 366 g/mol. The lowest BCUT2D eigenvalue weighted by Crippen LogP contribution is -2.26. The highest BCUT2D eigenvalue weighted by molar-refractivity contribution is 5.79. The minimum absolute atomic E-state index is 0.0727. The van der Waals surface area contributed by atoms with Crippen molar-refractivity contribution in [1.29, 1.82) is 0 Å². The fraction of sp³-hybridized carbons (Fsp3) is 0.429. The predicted octanol–water partition coefficient (Wildman–Crippen LogP) is 2.47. The largest absolute Gasteiger partial charge is 0.352 e. The number of hydrogen-bond acceptors (Lipinski definition) is 6. The number of carbonyl (C=O) groups excluding carboxylic acids is 1. The molecule has 0 aromatic carbocycles. The number of aromatic nitrogens is 6. The van der Waals surface area contributed by atoms with E-state index in [1.54, 1.807) is 4.68 Å². The number of amides is 1. The molecule has 1 amide bonds. The summed E-state index contributed by atoms with van der Waals surface area (Å²) >= 11 is 0. The Bertz CT molecular complexity index is 1040. The van der Waals surface area contributed by atoms with Crippen LogP contribution in [-0.2, 0) is 17.8 Å². The van der Waals surface area contributed by atoms with Crippen LogP contribution >= 0.6 is 0 Å². The summed E-state index contributed by atoms with van der Waals surface area (Å²) in [6, 6.07) is 1.92.